The lowest BCUT2D eigenvalue weighted by atomic mass is 9.99. The van der Waals surface area contributed by atoms with E-state index in [1.165, 1.54) is 62.8 Å². The molecule has 0 unspecified atom stereocenters. The lowest BCUT2D eigenvalue weighted by Crippen LogP contribution is -1.95. The van der Waals surface area contributed by atoms with Crippen molar-refractivity contribution in [1.82, 2.24) is 4.98 Å². The van der Waals surface area contributed by atoms with Crippen LogP contribution in [0, 0.1) is 6.92 Å². The quantitative estimate of drug-likeness (QED) is 0.642. The van der Waals surface area contributed by atoms with E-state index in [1.54, 1.807) is 5.56 Å². The molecule has 0 spiro atoms. The number of hydrogen-bond acceptors (Lipinski definition) is 0. The van der Waals surface area contributed by atoms with Gasteiger partial charge in [0.2, 0.25) is 0 Å². The number of nitrogens with one attached hydrogen (secondary N) is 1. The standard InChI is InChI=1S/C13H21N/c1-11-10-12-8-6-4-2-3-5-7-9-13(12)14-11/h10,14H,2-9H2,1H3. The molecule has 1 N–H and O–H groups in total. The first-order valence-electron chi connectivity index (χ1n) is 6.03. The first kappa shape index (κ1) is 9.82. The van der Waals surface area contributed by atoms with E-state index < -0.39 is 0 Å². The molecule has 0 amide bonds. The summed E-state index contributed by atoms with van der Waals surface area (Å²) < 4.78 is 0. The highest BCUT2D eigenvalue weighted by Gasteiger charge is 2.07. The molecule has 1 nitrogen and oxygen atoms in total. The molecule has 1 aromatic rings. The summed E-state index contributed by atoms with van der Waals surface area (Å²) in [4.78, 5) is 3.51. The minimum atomic E-state index is 1.27. The Bertz CT molecular complexity index is 258. The molecule has 14 heavy (non-hydrogen) atoms. The average Bonchev–Trinajstić information content (AvgIpc) is 2.52. The Kier molecular flexibility index (Phi) is 3.28. The van der Waals surface area contributed by atoms with Gasteiger partial charge in [0.25, 0.3) is 0 Å². The van der Waals surface area contributed by atoms with E-state index in [-0.39, 0.29) is 0 Å². The van der Waals surface area contributed by atoms with Crippen LogP contribution in [0.2, 0.25) is 0 Å². The summed E-state index contributed by atoms with van der Waals surface area (Å²) in [6.45, 7) is 2.17. The van der Waals surface area contributed by atoms with Gasteiger partial charge in [0.1, 0.15) is 0 Å². The highest BCUT2D eigenvalue weighted by molar-refractivity contribution is 5.25. The van der Waals surface area contributed by atoms with Crippen molar-refractivity contribution in [1.29, 1.82) is 0 Å². The van der Waals surface area contributed by atoms with Gasteiger partial charge >= 0.3 is 0 Å². The molecule has 0 aromatic carbocycles. The fraction of sp³-hybridized carbons (Fsp3) is 0.692. The number of H-pyrrole nitrogens is 1. The number of aryl methyl sites for hydroxylation is 3. The lowest BCUT2D eigenvalue weighted by Gasteiger charge is -2.07. The van der Waals surface area contributed by atoms with E-state index >= 15 is 0 Å². The van der Waals surface area contributed by atoms with Crippen LogP contribution in [0.3, 0.4) is 0 Å². The smallest absolute Gasteiger partial charge is 0.0181 e. The number of aromatic amines is 1. The van der Waals surface area contributed by atoms with Gasteiger partial charge in [0.15, 0.2) is 0 Å². The van der Waals surface area contributed by atoms with Gasteiger partial charge in [0, 0.05) is 11.4 Å². The van der Waals surface area contributed by atoms with Crippen molar-refractivity contribution < 1.29 is 0 Å². The molecule has 0 saturated carbocycles. The molecule has 0 bridgehead atoms. The molecular formula is C13H21N. The van der Waals surface area contributed by atoms with E-state index in [1.807, 2.05) is 0 Å². The molecule has 2 rings (SSSR count). The Morgan fingerprint density at radius 2 is 1.57 bits per heavy atom. The van der Waals surface area contributed by atoms with Crippen LogP contribution in [0.4, 0.5) is 0 Å². The maximum atomic E-state index is 3.51. The van der Waals surface area contributed by atoms with Crippen LogP contribution in [0.25, 0.3) is 0 Å². The third kappa shape index (κ3) is 2.40. The maximum Gasteiger partial charge on any atom is 0.0181 e. The van der Waals surface area contributed by atoms with Crippen LogP contribution in [0.5, 0.6) is 0 Å². The Labute approximate surface area is 86.9 Å². The fourth-order valence-electron chi connectivity index (χ4n) is 2.47. The van der Waals surface area contributed by atoms with Gasteiger partial charge in [-0.2, -0.15) is 0 Å². The zero-order chi connectivity index (χ0) is 9.80. The van der Waals surface area contributed by atoms with Gasteiger partial charge in [-0.25, -0.2) is 0 Å². The molecule has 1 heterocycles. The SMILES string of the molecule is Cc1cc2c([nH]1)CCCCCCCC2. The summed E-state index contributed by atoms with van der Waals surface area (Å²) in [6.07, 6.45) is 11.0. The van der Waals surface area contributed by atoms with Crippen molar-refractivity contribution in [3.8, 4) is 0 Å². The lowest BCUT2D eigenvalue weighted by molar-refractivity contribution is 0.578. The van der Waals surface area contributed by atoms with Crippen molar-refractivity contribution in [3.05, 3.63) is 23.0 Å². The number of fused-ring (bicyclic) bond motifs is 1. The van der Waals surface area contributed by atoms with E-state index in [0.717, 1.165) is 0 Å². The summed E-state index contributed by atoms with van der Waals surface area (Å²) in [5.74, 6) is 0. The second kappa shape index (κ2) is 4.68. The minimum Gasteiger partial charge on any atom is -0.362 e. The molecule has 0 saturated heterocycles. The second-order valence-corrected chi connectivity index (χ2v) is 4.58. The molecule has 1 aliphatic carbocycles. The normalized spacial score (nSPS) is 18.9. The number of hydrogen-bond donors (Lipinski definition) is 1. The Morgan fingerprint density at radius 1 is 0.929 bits per heavy atom. The Hall–Kier alpha value is -0.720. The van der Waals surface area contributed by atoms with Crippen molar-refractivity contribution in [2.75, 3.05) is 0 Å². The van der Waals surface area contributed by atoms with Crippen LogP contribution in [-0.4, -0.2) is 4.98 Å². The molecule has 0 aliphatic heterocycles. The van der Waals surface area contributed by atoms with E-state index in [4.69, 9.17) is 0 Å². The van der Waals surface area contributed by atoms with Gasteiger partial charge < -0.3 is 4.98 Å². The molecule has 78 valence electrons. The first-order valence-corrected chi connectivity index (χ1v) is 6.03. The van der Waals surface area contributed by atoms with Gasteiger partial charge in [-0.05, 0) is 44.2 Å². The van der Waals surface area contributed by atoms with Crippen molar-refractivity contribution in [3.63, 3.8) is 0 Å². The van der Waals surface area contributed by atoms with Gasteiger partial charge in [0.05, 0.1) is 0 Å². The summed E-state index contributed by atoms with van der Waals surface area (Å²) in [5, 5.41) is 0. The largest absolute Gasteiger partial charge is 0.362 e. The minimum absolute atomic E-state index is 1.27. The maximum absolute atomic E-state index is 3.51. The van der Waals surface area contributed by atoms with Gasteiger partial charge in [-0.15, -0.1) is 0 Å². The van der Waals surface area contributed by atoms with E-state index in [2.05, 4.69) is 18.0 Å². The predicted octanol–water partition coefficient (Wildman–Crippen LogP) is 3.76. The average molecular weight is 191 g/mol. The zero-order valence-electron chi connectivity index (χ0n) is 9.23. The fourth-order valence-corrected chi connectivity index (χ4v) is 2.47. The third-order valence-corrected chi connectivity index (χ3v) is 3.25. The molecule has 1 aliphatic rings. The Balaban J connectivity index is 2.09. The summed E-state index contributed by atoms with van der Waals surface area (Å²) in [5.41, 5.74) is 4.45. The van der Waals surface area contributed by atoms with Crippen LogP contribution in [-0.2, 0) is 12.8 Å². The third-order valence-electron chi connectivity index (χ3n) is 3.25. The molecule has 1 aromatic heterocycles. The highest BCUT2D eigenvalue weighted by atomic mass is 14.7. The van der Waals surface area contributed by atoms with Crippen molar-refractivity contribution in [2.45, 2.75) is 58.3 Å². The van der Waals surface area contributed by atoms with Crippen LogP contribution in [0.15, 0.2) is 6.07 Å². The van der Waals surface area contributed by atoms with Gasteiger partial charge in [-0.1, -0.05) is 25.7 Å². The highest BCUT2D eigenvalue weighted by Crippen LogP contribution is 2.19. The van der Waals surface area contributed by atoms with Crippen LogP contribution >= 0.6 is 0 Å². The van der Waals surface area contributed by atoms with Gasteiger partial charge in [-0.3, -0.25) is 0 Å². The van der Waals surface area contributed by atoms with Crippen LogP contribution < -0.4 is 0 Å². The zero-order valence-corrected chi connectivity index (χ0v) is 9.23. The molecule has 0 radical (unpaired) electrons. The van der Waals surface area contributed by atoms with Crippen LogP contribution in [0.1, 0.15) is 55.5 Å². The number of aromatic nitrogens is 1. The topological polar surface area (TPSA) is 15.8 Å². The summed E-state index contributed by atoms with van der Waals surface area (Å²) in [7, 11) is 0. The molecule has 0 fully saturated rings. The molecular weight excluding hydrogens is 170 g/mol. The molecule has 0 atom stereocenters. The predicted molar refractivity (Wildman–Crippen MR) is 60.6 cm³/mol. The van der Waals surface area contributed by atoms with Crippen molar-refractivity contribution >= 4 is 0 Å². The van der Waals surface area contributed by atoms with E-state index in [9.17, 15) is 0 Å². The molecule has 1 heteroatoms. The number of rotatable bonds is 0. The monoisotopic (exact) mass is 191 g/mol. The summed E-state index contributed by atoms with van der Waals surface area (Å²) >= 11 is 0. The second-order valence-electron chi connectivity index (χ2n) is 4.58. The summed E-state index contributed by atoms with van der Waals surface area (Å²) in [6, 6.07) is 2.34. The van der Waals surface area contributed by atoms with Crippen molar-refractivity contribution in [2.24, 2.45) is 0 Å². The first-order chi connectivity index (χ1) is 6.86. The van der Waals surface area contributed by atoms with E-state index in [0.29, 0.717) is 0 Å². The Morgan fingerprint density at radius 3 is 2.36 bits per heavy atom.